The maximum Gasteiger partial charge on any atom is 0.251 e. The smallest absolute Gasteiger partial charge is 0.207 e. The number of alkyl halides is 2. The molecule has 0 aromatic rings. The van der Waals surface area contributed by atoms with Crippen LogP contribution >= 0.6 is 0 Å². The lowest BCUT2D eigenvalue weighted by Crippen LogP contribution is -2.44. The molecule has 0 atom stereocenters. The third-order valence-corrected chi connectivity index (χ3v) is 1.87. The van der Waals surface area contributed by atoms with Crippen LogP contribution in [-0.4, -0.2) is 5.92 Å². The Morgan fingerprint density at radius 3 is 2.27 bits per heavy atom. The van der Waals surface area contributed by atoms with E-state index in [1.807, 2.05) is 6.07 Å². The van der Waals surface area contributed by atoms with Gasteiger partial charge in [-0.2, -0.15) is 5.26 Å². The van der Waals surface area contributed by atoms with E-state index >= 15 is 0 Å². The minimum Gasteiger partial charge on any atom is -0.207 e. The molecule has 1 rings (SSSR count). The molecule has 0 saturated heterocycles. The molecule has 0 N–H and O–H groups in total. The van der Waals surface area contributed by atoms with Gasteiger partial charge in [0.1, 0.15) is 0 Å². The second kappa shape index (κ2) is 2.20. The van der Waals surface area contributed by atoms with Crippen LogP contribution in [0.3, 0.4) is 0 Å². The molecule has 0 bridgehead atoms. The molecule has 3 heteroatoms. The first-order valence-electron chi connectivity index (χ1n) is 3.26. The van der Waals surface area contributed by atoms with E-state index < -0.39 is 11.3 Å². The first-order chi connectivity index (χ1) is 5.04. The van der Waals surface area contributed by atoms with Gasteiger partial charge in [0.2, 0.25) is 0 Å². The number of nitriles is 1. The Labute approximate surface area is 64.0 Å². The third-order valence-electron chi connectivity index (χ3n) is 1.87. The van der Waals surface area contributed by atoms with Crippen molar-refractivity contribution in [3.8, 4) is 18.4 Å². The third kappa shape index (κ3) is 1.33. The monoisotopic (exact) mass is 155 g/mol. The minimum absolute atomic E-state index is 0.138. The average molecular weight is 155 g/mol. The van der Waals surface area contributed by atoms with Crippen molar-refractivity contribution in [2.24, 2.45) is 5.41 Å². The van der Waals surface area contributed by atoms with Crippen molar-refractivity contribution in [3.63, 3.8) is 0 Å². The van der Waals surface area contributed by atoms with Crippen LogP contribution in [0.4, 0.5) is 8.78 Å². The van der Waals surface area contributed by atoms with Gasteiger partial charge >= 0.3 is 0 Å². The van der Waals surface area contributed by atoms with Crippen molar-refractivity contribution < 1.29 is 8.78 Å². The van der Waals surface area contributed by atoms with Crippen molar-refractivity contribution in [3.05, 3.63) is 0 Å². The molecule has 11 heavy (non-hydrogen) atoms. The van der Waals surface area contributed by atoms with Gasteiger partial charge in [0.05, 0.1) is 11.5 Å². The van der Waals surface area contributed by atoms with Gasteiger partial charge in [-0.25, -0.2) is 8.78 Å². The lowest BCUT2D eigenvalue weighted by atomic mass is 9.65. The molecule has 0 amide bonds. The van der Waals surface area contributed by atoms with E-state index in [2.05, 4.69) is 5.92 Å². The van der Waals surface area contributed by atoms with Crippen LogP contribution in [0.1, 0.15) is 19.3 Å². The molecular formula is C8H7F2N. The summed E-state index contributed by atoms with van der Waals surface area (Å²) in [5.41, 5.74) is -0.932. The van der Waals surface area contributed by atoms with Gasteiger partial charge in [-0.15, -0.1) is 12.3 Å². The van der Waals surface area contributed by atoms with Gasteiger partial charge in [-0.3, -0.25) is 0 Å². The molecule has 1 nitrogen and oxygen atoms in total. The van der Waals surface area contributed by atoms with E-state index in [1.165, 1.54) is 0 Å². The number of nitrogens with zero attached hydrogens (tertiary/aromatic N) is 1. The molecule has 1 saturated carbocycles. The maximum absolute atomic E-state index is 12.3. The largest absolute Gasteiger partial charge is 0.251 e. The molecule has 0 spiro atoms. The van der Waals surface area contributed by atoms with Gasteiger partial charge in [0.25, 0.3) is 5.92 Å². The Morgan fingerprint density at radius 1 is 1.45 bits per heavy atom. The highest BCUT2D eigenvalue weighted by Crippen LogP contribution is 2.53. The summed E-state index contributed by atoms with van der Waals surface area (Å²) in [4.78, 5) is 0. The second-order valence-electron chi connectivity index (χ2n) is 2.98. The predicted octanol–water partition coefficient (Wildman–Crippen LogP) is 1.95. The van der Waals surface area contributed by atoms with Crippen molar-refractivity contribution in [2.75, 3.05) is 0 Å². The summed E-state index contributed by atoms with van der Waals surface area (Å²) < 4.78 is 24.6. The summed E-state index contributed by atoms with van der Waals surface area (Å²) in [5.74, 6) is -0.417. The second-order valence-corrected chi connectivity index (χ2v) is 2.98. The predicted molar refractivity (Wildman–Crippen MR) is 35.7 cm³/mol. The molecule has 1 fully saturated rings. The summed E-state index contributed by atoms with van der Waals surface area (Å²) >= 11 is 0. The fraction of sp³-hybridized carbons (Fsp3) is 0.625. The molecule has 0 aromatic carbocycles. The average Bonchev–Trinajstić information content (AvgIpc) is 1.84. The van der Waals surface area contributed by atoms with Gasteiger partial charge in [-0.1, -0.05) is 0 Å². The van der Waals surface area contributed by atoms with Gasteiger partial charge in [-0.05, 0) is 0 Å². The molecular weight excluding hydrogens is 148 g/mol. The topological polar surface area (TPSA) is 23.8 Å². The number of halogens is 2. The summed E-state index contributed by atoms with van der Waals surface area (Å²) in [6.07, 6.45) is 4.33. The Hall–Kier alpha value is -1.09. The van der Waals surface area contributed by atoms with E-state index in [9.17, 15) is 8.78 Å². The normalized spacial score (nSPS) is 24.4. The van der Waals surface area contributed by atoms with Crippen LogP contribution in [0.2, 0.25) is 0 Å². The van der Waals surface area contributed by atoms with E-state index in [0.29, 0.717) is 0 Å². The van der Waals surface area contributed by atoms with Crippen LogP contribution in [0.15, 0.2) is 0 Å². The first kappa shape index (κ1) is 8.01. The van der Waals surface area contributed by atoms with E-state index in [0.717, 1.165) is 0 Å². The van der Waals surface area contributed by atoms with Gasteiger partial charge in [0, 0.05) is 19.3 Å². The summed E-state index contributed by atoms with van der Waals surface area (Å²) in [6, 6.07) is 1.85. The van der Waals surface area contributed by atoms with Crippen molar-refractivity contribution >= 4 is 0 Å². The SMILES string of the molecule is C#CCC1(C#N)CC(F)(F)C1. The van der Waals surface area contributed by atoms with Gasteiger partial charge in [0.15, 0.2) is 0 Å². The molecule has 0 aliphatic heterocycles. The summed E-state index contributed by atoms with van der Waals surface area (Å²) in [7, 11) is 0. The molecule has 1 aliphatic rings. The van der Waals surface area contributed by atoms with Crippen LogP contribution < -0.4 is 0 Å². The van der Waals surface area contributed by atoms with Crippen LogP contribution in [0.25, 0.3) is 0 Å². The maximum atomic E-state index is 12.3. The van der Waals surface area contributed by atoms with Gasteiger partial charge < -0.3 is 0 Å². The number of terminal acetylenes is 1. The highest BCUT2D eigenvalue weighted by molar-refractivity contribution is 5.15. The highest BCUT2D eigenvalue weighted by atomic mass is 19.3. The van der Waals surface area contributed by atoms with Crippen LogP contribution in [-0.2, 0) is 0 Å². The standard InChI is InChI=1S/C8H7F2N/c1-2-3-7(6-11)4-8(9,10)5-7/h1H,3-5H2. The Balaban J connectivity index is 2.61. The summed E-state index contributed by atoms with van der Waals surface area (Å²) in [5, 5.41) is 8.52. The number of rotatable bonds is 1. The molecule has 0 heterocycles. The number of hydrogen-bond acceptors (Lipinski definition) is 1. The summed E-state index contributed by atoms with van der Waals surface area (Å²) in [6.45, 7) is 0. The zero-order chi connectivity index (χ0) is 8.54. The lowest BCUT2D eigenvalue weighted by molar-refractivity contribution is -0.136. The quantitative estimate of drug-likeness (QED) is 0.531. The Morgan fingerprint density at radius 2 is 2.00 bits per heavy atom. The zero-order valence-electron chi connectivity index (χ0n) is 5.90. The van der Waals surface area contributed by atoms with E-state index in [-0.39, 0.29) is 19.3 Å². The lowest BCUT2D eigenvalue weighted by Gasteiger charge is -2.40. The van der Waals surface area contributed by atoms with E-state index in [1.54, 1.807) is 0 Å². The fourth-order valence-electron chi connectivity index (χ4n) is 1.38. The highest BCUT2D eigenvalue weighted by Gasteiger charge is 2.56. The van der Waals surface area contributed by atoms with Crippen LogP contribution in [0, 0.1) is 29.1 Å². The zero-order valence-corrected chi connectivity index (χ0v) is 5.90. The van der Waals surface area contributed by atoms with E-state index in [4.69, 9.17) is 11.7 Å². The molecule has 0 aromatic heterocycles. The van der Waals surface area contributed by atoms with Crippen molar-refractivity contribution in [2.45, 2.75) is 25.2 Å². The van der Waals surface area contributed by atoms with Crippen molar-refractivity contribution in [1.82, 2.24) is 0 Å². The number of hydrogen-bond donors (Lipinski definition) is 0. The fourth-order valence-corrected chi connectivity index (χ4v) is 1.38. The Kier molecular flexibility index (Phi) is 1.60. The molecule has 0 unspecified atom stereocenters. The first-order valence-corrected chi connectivity index (χ1v) is 3.26. The molecule has 58 valence electrons. The Bertz CT molecular complexity index is 236. The molecule has 1 aliphatic carbocycles. The minimum atomic E-state index is -2.66. The molecule has 0 radical (unpaired) electrons. The van der Waals surface area contributed by atoms with Crippen LogP contribution in [0.5, 0.6) is 0 Å². The van der Waals surface area contributed by atoms with Crippen molar-refractivity contribution in [1.29, 1.82) is 5.26 Å².